The van der Waals surface area contributed by atoms with Gasteiger partial charge >= 0.3 is 0 Å². The molecule has 0 aliphatic heterocycles. The molecule has 0 atom stereocenters. The average Bonchev–Trinajstić information content (AvgIpc) is 3.02. The van der Waals surface area contributed by atoms with Crippen molar-refractivity contribution in [1.82, 2.24) is 5.32 Å². The Bertz CT molecular complexity index is 1230. The Morgan fingerprint density at radius 1 is 0.941 bits per heavy atom. The van der Waals surface area contributed by atoms with E-state index in [0.717, 1.165) is 58.4 Å². The van der Waals surface area contributed by atoms with E-state index < -0.39 is 0 Å². The van der Waals surface area contributed by atoms with Crippen molar-refractivity contribution in [2.24, 2.45) is 11.3 Å². The number of aryl methyl sites for hydroxylation is 2. The van der Waals surface area contributed by atoms with E-state index in [0.29, 0.717) is 17.6 Å². The van der Waals surface area contributed by atoms with Crippen LogP contribution in [0.5, 0.6) is 0 Å². The van der Waals surface area contributed by atoms with Gasteiger partial charge in [0.05, 0.1) is 5.56 Å². The Hall–Kier alpha value is -2.79. The van der Waals surface area contributed by atoms with Gasteiger partial charge in [0.15, 0.2) is 0 Å². The van der Waals surface area contributed by atoms with Crippen LogP contribution in [-0.4, -0.2) is 17.7 Å². The van der Waals surface area contributed by atoms with Gasteiger partial charge in [-0.2, -0.15) is 0 Å². The number of carbonyl (C=O) groups is 2. The van der Waals surface area contributed by atoms with Crippen LogP contribution in [0.2, 0.25) is 0 Å². The number of halogens is 1. The van der Waals surface area contributed by atoms with E-state index in [9.17, 15) is 14.0 Å². The van der Waals surface area contributed by atoms with Crippen LogP contribution in [0.4, 0.5) is 4.39 Å². The highest BCUT2D eigenvalue weighted by molar-refractivity contribution is 7.12. The van der Waals surface area contributed by atoms with Crippen LogP contribution in [0.25, 0.3) is 11.1 Å². The van der Waals surface area contributed by atoms with Crippen molar-refractivity contribution in [3.05, 3.63) is 80.8 Å². The van der Waals surface area contributed by atoms with Crippen LogP contribution in [0.1, 0.15) is 63.8 Å². The summed E-state index contributed by atoms with van der Waals surface area (Å²) in [6.45, 7) is 5.81. The first-order valence-corrected chi connectivity index (χ1v) is 12.8. The first kappa shape index (κ1) is 23.0. The first-order chi connectivity index (χ1) is 16.2. The molecule has 1 heterocycles. The van der Waals surface area contributed by atoms with Gasteiger partial charge in [-0.1, -0.05) is 36.4 Å². The van der Waals surface area contributed by atoms with Gasteiger partial charge in [-0.05, 0) is 92.7 Å². The zero-order valence-electron chi connectivity index (χ0n) is 19.9. The van der Waals surface area contributed by atoms with E-state index in [2.05, 4.69) is 36.5 Å². The summed E-state index contributed by atoms with van der Waals surface area (Å²) >= 11 is 1.68. The summed E-state index contributed by atoms with van der Waals surface area (Å²) in [5, 5.41) is 3.27. The lowest BCUT2D eigenvalue weighted by Crippen LogP contribution is -2.57. The van der Waals surface area contributed by atoms with Crippen molar-refractivity contribution < 1.29 is 14.0 Å². The van der Waals surface area contributed by atoms with Gasteiger partial charge in [-0.3, -0.25) is 9.59 Å². The van der Waals surface area contributed by atoms with Crippen molar-refractivity contribution in [2.75, 3.05) is 0 Å². The van der Waals surface area contributed by atoms with Crippen LogP contribution in [0, 0.1) is 31.0 Å². The number of ketones is 1. The Labute approximate surface area is 204 Å². The van der Waals surface area contributed by atoms with Crippen molar-refractivity contribution in [1.29, 1.82) is 0 Å². The van der Waals surface area contributed by atoms with Gasteiger partial charge in [-0.15, -0.1) is 11.3 Å². The van der Waals surface area contributed by atoms with Crippen molar-refractivity contribution in [2.45, 2.75) is 58.9 Å². The quantitative estimate of drug-likeness (QED) is 0.434. The molecule has 0 bridgehead atoms. The zero-order chi connectivity index (χ0) is 24.0. The SMILES string of the molecule is CC(=O)C1CC2(CC(NC(=O)c3c(C)sc(C)c3Cc3ccc(-c4ccc(F)cc4)cc3)C2)C1. The lowest BCUT2D eigenvalue weighted by Gasteiger charge is -2.57. The van der Waals surface area contributed by atoms with Gasteiger partial charge in [-0.25, -0.2) is 4.39 Å². The second-order valence-corrected chi connectivity index (χ2v) is 11.7. The van der Waals surface area contributed by atoms with E-state index in [1.807, 2.05) is 6.92 Å². The predicted octanol–water partition coefficient (Wildman–Crippen LogP) is 6.64. The maximum absolute atomic E-state index is 13.3. The fourth-order valence-electron chi connectivity index (χ4n) is 5.85. The number of carbonyl (C=O) groups excluding carboxylic acids is 2. The van der Waals surface area contributed by atoms with Crippen LogP contribution >= 0.6 is 11.3 Å². The molecular formula is C29H30FNO2S. The van der Waals surface area contributed by atoms with Crippen molar-refractivity contribution >= 4 is 23.0 Å². The number of benzene rings is 2. The number of amides is 1. The molecule has 3 nitrogen and oxygen atoms in total. The molecular weight excluding hydrogens is 445 g/mol. The molecule has 1 amide bonds. The minimum absolute atomic E-state index is 0.0297. The number of Topliss-reactive ketones (excluding diaryl/α,β-unsaturated/α-hetero) is 1. The van der Waals surface area contributed by atoms with E-state index in [-0.39, 0.29) is 23.7 Å². The maximum Gasteiger partial charge on any atom is 0.252 e. The van der Waals surface area contributed by atoms with E-state index in [1.165, 1.54) is 17.0 Å². The lowest BCUT2D eigenvalue weighted by molar-refractivity contribution is -0.134. The van der Waals surface area contributed by atoms with Crippen LogP contribution < -0.4 is 5.32 Å². The molecule has 5 rings (SSSR count). The minimum Gasteiger partial charge on any atom is -0.349 e. The van der Waals surface area contributed by atoms with Gasteiger partial charge < -0.3 is 5.32 Å². The molecule has 0 saturated heterocycles. The Morgan fingerprint density at radius 3 is 2.12 bits per heavy atom. The smallest absolute Gasteiger partial charge is 0.252 e. The van der Waals surface area contributed by atoms with E-state index in [4.69, 9.17) is 0 Å². The summed E-state index contributed by atoms with van der Waals surface area (Å²) in [6.07, 6.45) is 4.67. The van der Waals surface area contributed by atoms with Gasteiger partial charge in [0.1, 0.15) is 11.6 Å². The third-order valence-corrected chi connectivity index (χ3v) is 8.82. The lowest BCUT2D eigenvalue weighted by atomic mass is 9.49. The molecule has 2 saturated carbocycles. The van der Waals surface area contributed by atoms with Gasteiger partial charge in [0.25, 0.3) is 5.91 Å². The molecule has 2 aliphatic carbocycles. The topological polar surface area (TPSA) is 46.2 Å². The minimum atomic E-state index is -0.237. The first-order valence-electron chi connectivity index (χ1n) is 12.0. The highest BCUT2D eigenvalue weighted by Crippen LogP contribution is 2.58. The largest absolute Gasteiger partial charge is 0.349 e. The molecule has 2 aromatic carbocycles. The van der Waals surface area contributed by atoms with Gasteiger partial charge in [0, 0.05) is 21.7 Å². The second kappa shape index (κ2) is 8.77. The molecule has 1 N–H and O–H groups in total. The Balaban J connectivity index is 1.26. The van der Waals surface area contributed by atoms with E-state index in [1.54, 1.807) is 30.4 Å². The summed E-state index contributed by atoms with van der Waals surface area (Å²) in [7, 11) is 0. The highest BCUT2D eigenvalue weighted by atomic mass is 32.1. The summed E-state index contributed by atoms with van der Waals surface area (Å²) < 4.78 is 13.2. The second-order valence-electron chi connectivity index (χ2n) is 10.2. The zero-order valence-corrected chi connectivity index (χ0v) is 20.7. The number of hydrogen-bond acceptors (Lipinski definition) is 3. The number of rotatable bonds is 6. The molecule has 0 radical (unpaired) electrons. The monoisotopic (exact) mass is 475 g/mol. The summed E-state index contributed by atoms with van der Waals surface area (Å²) in [5.74, 6) is 0.332. The number of hydrogen-bond donors (Lipinski definition) is 1. The van der Waals surface area contributed by atoms with Crippen LogP contribution in [-0.2, 0) is 11.2 Å². The fourth-order valence-corrected chi connectivity index (χ4v) is 6.93. The maximum atomic E-state index is 13.3. The molecule has 34 heavy (non-hydrogen) atoms. The van der Waals surface area contributed by atoms with E-state index >= 15 is 0 Å². The van der Waals surface area contributed by atoms with Crippen molar-refractivity contribution in [3.63, 3.8) is 0 Å². The third-order valence-electron chi connectivity index (χ3n) is 7.75. The van der Waals surface area contributed by atoms with Crippen molar-refractivity contribution in [3.8, 4) is 11.1 Å². The molecule has 2 fully saturated rings. The van der Waals surface area contributed by atoms with Gasteiger partial charge in [0.2, 0.25) is 0 Å². The molecule has 3 aromatic rings. The predicted molar refractivity (Wildman–Crippen MR) is 135 cm³/mol. The molecule has 2 aliphatic rings. The normalized spacial score (nSPS) is 23.3. The van der Waals surface area contributed by atoms with Crippen LogP contribution in [0.3, 0.4) is 0 Å². The summed E-state index contributed by atoms with van der Waals surface area (Å²) in [6, 6.07) is 15.0. The number of nitrogens with one attached hydrogen (secondary N) is 1. The third kappa shape index (κ3) is 4.34. The molecule has 1 spiro atoms. The molecule has 1 aromatic heterocycles. The summed E-state index contributed by atoms with van der Waals surface area (Å²) in [4.78, 5) is 27.0. The Kier molecular flexibility index (Phi) is 5.93. The standard InChI is InChI=1S/C29H30FNO2S/c1-17(32)23-13-29(14-23)15-25(16-29)31-28(33)27-19(3)34-18(2)26(27)12-20-4-6-21(7-5-20)22-8-10-24(30)11-9-22/h4-11,23,25H,12-16H2,1-3H3,(H,31,33). The van der Waals surface area contributed by atoms with Crippen LogP contribution in [0.15, 0.2) is 48.5 Å². The molecule has 0 unspecified atom stereocenters. The number of thiophene rings is 1. The highest BCUT2D eigenvalue weighted by Gasteiger charge is 2.54. The average molecular weight is 476 g/mol. The summed E-state index contributed by atoms with van der Waals surface area (Å²) in [5.41, 5.74) is 5.39. The Morgan fingerprint density at radius 2 is 1.53 bits per heavy atom. The molecule has 176 valence electrons. The molecule has 5 heteroatoms. The fraction of sp³-hybridized carbons (Fsp3) is 0.379.